The van der Waals surface area contributed by atoms with E-state index in [0.29, 0.717) is 5.15 Å². The van der Waals surface area contributed by atoms with E-state index in [0.717, 1.165) is 50.5 Å². The smallest absolute Gasteiger partial charge is 0.319 e. The number of anilines is 1. The van der Waals surface area contributed by atoms with Gasteiger partial charge >= 0.3 is 6.03 Å². The number of amides is 2. The van der Waals surface area contributed by atoms with E-state index in [1.165, 1.54) is 0 Å². The van der Waals surface area contributed by atoms with E-state index in [9.17, 15) is 4.79 Å². The van der Waals surface area contributed by atoms with Crippen LogP contribution in [0.3, 0.4) is 0 Å². The maximum Gasteiger partial charge on any atom is 0.319 e. The Morgan fingerprint density at radius 2 is 2.20 bits per heavy atom. The average Bonchev–Trinajstić information content (AvgIpc) is 3.17. The number of urea groups is 1. The SMILES string of the molecule is CCN(CCCN1CCN(C)C1=O)c1cn(-c2cccnc2)nc1Cl. The van der Waals surface area contributed by atoms with E-state index < -0.39 is 0 Å². The second-order valence-electron chi connectivity index (χ2n) is 6.09. The molecule has 8 heteroatoms. The maximum absolute atomic E-state index is 11.9. The van der Waals surface area contributed by atoms with Gasteiger partial charge in [-0.15, -0.1) is 0 Å². The molecule has 0 bridgehead atoms. The van der Waals surface area contributed by atoms with Crippen molar-refractivity contribution in [1.82, 2.24) is 24.6 Å². The molecule has 1 fully saturated rings. The average molecular weight is 363 g/mol. The Balaban J connectivity index is 1.63. The highest BCUT2D eigenvalue weighted by molar-refractivity contribution is 6.32. The van der Waals surface area contributed by atoms with Crippen molar-refractivity contribution in [2.24, 2.45) is 0 Å². The van der Waals surface area contributed by atoms with Gasteiger partial charge < -0.3 is 14.7 Å². The Bertz CT molecular complexity index is 719. The van der Waals surface area contributed by atoms with Gasteiger partial charge in [0, 0.05) is 46.0 Å². The zero-order valence-electron chi connectivity index (χ0n) is 14.6. The summed E-state index contributed by atoms with van der Waals surface area (Å²) in [5.74, 6) is 0. The van der Waals surface area contributed by atoms with Crippen LogP contribution < -0.4 is 4.90 Å². The Hall–Kier alpha value is -2.28. The molecule has 0 N–H and O–H groups in total. The number of hydrogen-bond acceptors (Lipinski definition) is 4. The van der Waals surface area contributed by atoms with Crippen molar-refractivity contribution in [2.75, 3.05) is 44.7 Å². The molecule has 2 aromatic rings. The van der Waals surface area contributed by atoms with Crippen LogP contribution >= 0.6 is 11.6 Å². The Labute approximate surface area is 152 Å². The van der Waals surface area contributed by atoms with Crippen LogP contribution in [0.4, 0.5) is 10.5 Å². The highest BCUT2D eigenvalue weighted by Gasteiger charge is 2.24. The number of halogens is 1. The first-order valence-corrected chi connectivity index (χ1v) is 8.88. The van der Waals surface area contributed by atoms with Gasteiger partial charge in [-0.3, -0.25) is 4.98 Å². The lowest BCUT2D eigenvalue weighted by molar-refractivity contribution is 0.198. The standard InChI is InChI=1S/C17H23ClN6O/c1-3-22(8-5-9-23-11-10-21(2)17(23)25)15-13-24(20-16(15)18)14-6-4-7-19-12-14/h4,6-7,12-13H,3,5,8-11H2,1-2H3. The predicted octanol–water partition coefficient (Wildman–Crippen LogP) is 2.50. The van der Waals surface area contributed by atoms with Crippen molar-refractivity contribution in [1.29, 1.82) is 0 Å². The van der Waals surface area contributed by atoms with Crippen molar-refractivity contribution in [3.8, 4) is 5.69 Å². The van der Waals surface area contributed by atoms with Crippen molar-refractivity contribution >= 4 is 23.3 Å². The number of nitrogens with zero attached hydrogens (tertiary/aromatic N) is 6. The normalized spacial score (nSPS) is 14.4. The second kappa shape index (κ2) is 7.74. The summed E-state index contributed by atoms with van der Waals surface area (Å²) in [5, 5.41) is 4.86. The van der Waals surface area contributed by atoms with Gasteiger partial charge in [-0.1, -0.05) is 11.6 Å². The molecule has 1 aliphatic heterocycles. The van der Waals surface area contributed by atoms with E-state index in [1.807, 2.05) is 30.3 Å². The Morgan fingerprint density at radius 1 is 1.36 bits per heavy atom. The van der Waals surface area contributed by atoms with Gasteiger partial charge in [0.1, 0.15) is 0 Å². The molecule has 0 spiro atoms. The van der Waals surface area contributed by atoms with Gasteiger partial charge in [-0.2, -0.15) is 5.10 Å². The molecule has 0 unspecified atom stereocenters. The highest BCUT2D eigenvalue weighted by atomic mass is 35.5. The minimum atomic E-state index is 0.116. The number of aromatic nitrogens is 3. The third kappa shape index (κ3) is 3.87. The first-order chi connectivity index (χ1) is 12.1. The molecule has 2 aromatic heterocycles. The summed E-state index contributed by atoms with van der Waals surface area (Å²) in [4.78, 5) is 21.9. The topological polar surface area (TPSA) is 57.5 Å². The van der Waals surface area contributed by atoms with E-state index in [2.05, 4.69) is 21.9 Å². The minimum absolute atomic E-state index is 0.116. The molecular weight excluding hydrogens is 340 g/mol. The van der Waals surface area contributed by atoms with Crippen molar-refractivity contribution in [3.63, 3.8) is 0 Å². The van der Waals surface area contributed by atoms with Crippen LogP contribution in [-0.4, -0.2) is 70.4 Å². The van der Waals surface area contributed by atoms with Gasteiger partial charge in [0.2, 0.25) is 0 Å². The van der Waals surface area contributed by atoms with Gasteiger partial charge in [-0.25, -0.2) is 9.48 Å². The number of pyridine rings is 1. The summed E-state index contributed by atoms with van der Waals surface area (Å²) in [5.41, 5.74) is 1.77. The second-order valence-corrected chi connectivity index (χ2v) is 6.44. The third-order valence-corrected chi connectivity index (χ3v) is 4.71. The first-order valence-electron chi connectivity index (χ1n) is 8.50. The van der Waals surface area contributed by atoms with Gasteiger partial charge in [0.25, 0.3) is 0 Å². The first kappa shape index (κ1) is 17.5. The van der Waals surface area contributed by atoms with Gasteiger partial charge in [-0.05, 0) is 25.5 Å². The molecule has 3 heterocycles. The quantitative estimate of drug-likeness (QED) is 0.759. The lowest BCUT2D eigenvalue weighted by atomic mass is 10.3. The highest BCUT2D eigenvalue weighted by Crippen LogP contribution is 2.26. The summed E-state index contributed by atoms with van der Waals surface area (Å²) < 4.78 is 1.74. The van der Waals surface area contributed by atoms with Crippen LogP contribution in [0.5, 0.6) is 0 Å². The van der Waals surface area contributed by atoms with E-state index in [-0.39, 0.29) is 6.03 Å². The summed E-state index contributed by atoms with van der Waals surface area (Å²) in [6, 6.07) is 3.92. The zero-order valence-corrected chi connectivity index (χ0v) is 15.4. The fraction of sp³-hybridized carbons (Fsp3) is 0.471. The molecule has 3 rings (SSSR count). The molecule has 2 amide bonds. The molecule has 0 aromatic carbocycles. The third-order valence-electron chi connectivity index (χ3n) is 4.44. The monoisotopic (exact) mass is 362 g/mol. The van der Waals surface area contributed by atoms with E-state index in [4.69, 9.17) is 11.6 Å². The van der Waals surface area contributed by atoms with Crippen LogP contribution in [0, 0.1) is 0 Å². The molecule has 1 saturated heterocycles. The zero-order chi connectivity index (χ0) is 17.8. The molecule has 1 aliphatic rings. The number of rotatable bonds is 7. The number of likely N-dealkylation sites (N-methyl/N-ethyl adjacent to an activating group) is 1. The molecule has 0 saturated carbocycles. The summed E-state index contributed by atoms with van der Waals surface area (Å²) in [6.07, 6.45) is 6.29. The summed E-state index contributed by atoms with van der Waals surface area (Å²) in [6.45, 7) is 6.11. The van der Waals surface area contributed by atoms with Crippen LogP contribution in [0.2, 0.25) is 5.15 Å². The van der Waals surface area contributed by atoms with Crippen molar-refractivity contribution in [3.05, 3.63) is 35.9 Å². The number of carbonyl (C=O) groups excluding carboxylic acids is 1. The van der Waals surface area contributed by atoms with Crippen molar-refractivity contribution in [2.45, 2.75) is 13.3 Å². The summed E-state index contributed by atoms with van der Waals surface area (Å²) in [7, 11) is 1.84. The van der Waals surface area contributed by atoms with Crippen LogP contribution in [-0.2, 0) is 0 Å². The molecule has 134 valence electrons. The molecule has 7 nitrogen and oxygen atoms in total. The fourth-order valence-corrected chi connectivity index (χ4v) is 3.24. The fourth-order valence-electron chi connectivity index (χ4n) is 2.99. The molecule has 0 atom stereocenters. The van der Waals surface area contributed by atoms with E-state index in [1.54, 1.807) is 22.0 Å². The van der Waals surface area contributed by atoms with Crippen molar-refractivity contribution < 1.29 is 4.79 Å². The number of carbonyl (C=O) groups is 1. The number of hydrogen-bond donors (Lipinski definition) is 0. The van der Waals surface area contributed by atoms with Crippen LogP contribution in [0.1, 0.15) is 13.3 Å². The Kier molecular flexibility index (Phi) is 5.43. The largest absolute Gasteiger partial charge is 0.368 e. The van der Waals surface area contributed by atoms with Gasteiger partial charge in [0.05, 0.1) is 23.8 Å². The molecule has 0 radical (unpaired) electrons. The van der Waals surface area contributed by atoms with E-state index >= 15 is 0 Å². The minimum Gasteiger partial charge on any atom is -0.368 e. The predicted molar refractivity (Wildman–Crippen MR) is 98.5 cm³/mol. The van der Waals surface area contributed by atoms with Gasteiger partial charge in [0.15, 0.2) is 5.15 Å². The lowest BCUT2D eigenvalue weighted by Crippen LogP contribution is -2.33. The summed E-state index contributed by atoms with van der Waals surface area (Å²) >= 11 is 6.35. The van der Waals surface area contributed by atoms with Crippen LogP contribution in [0.15, 0.2) is 30.7 Å². The Morgan fingerprint density at radius 3 is 2.84 bits per heavy atom. The lowest BCUT2D eigenvalue weighted by Gasteiger charge is -2.23. The maximum atomic E-state index is 11.9. The molecule has 0 aliphatic carbocycles. The molecule has 25 heavy (non-hydrogen) atoms. The van der Waals surface area contributed by atoms with Crippen LogP contribution in [0.25, 0.3) is 5.69 Å². The molecular formula is C17H23ClN6O.